The first-order valence-corrected chi connectivity index (χ1v) is 12.1. The number of benzene rings is 3. The van der Waals surface area contributed by atoms with Crippen LogP contribution in [-0.2, 0) is 24.2 Å². The average molecular weight is 479 g/mol. The third kappa shape index (κ3) is 5.73. The van der Waals surface area contributed by atoms with E-state index in [4.69, 9.17) is 9.47 Å². The molecule has 34 heavy (non-hydrogen) atoms. The van der Waals surface area contributed by atoms with Gasteiger partial charge >= 0.3 is 0 Å². The summed E-state index contributed by atoms with van der Waals surface area (Å²) in [4.78, 5) is 14.6. The maximum absolute atomic E-state index is 13.5. The summed E-state index contributed by atoms with van der Waals surface area (Å²) < 4.78 is 13.1. The summed E-state index contributed by atoms with van der Waals surface area (Å²) in [6.45, 7) is 0.487. The normalized spacial score (nSPS) is 16.4. The highest BCUT2D eigenvalue weighted by Gasteiger charge is 2.34. The Morgan fingerprint density at radius 3 is 2.26 bits per heavy atom. The predicted octanol–water partition coefficient (Wildman–Crippen LogP) is 3.86. The molecule has 1 aliphatic heterocycles. The van der Waals surface area contributed by atoms with Gasteiger partial charge in [0.05, 0.1) is 26.9 Å². The number of ether oxygens (including phenoxy) is 2. The Balaban J connectivity index is 1.58. The summed E-state index contributed by atoms with van der Waals surface area (Å²) in [7, 11) is 3.24. The first kappa shape index (κ1) is 24.1. The van der Waals surface area contributed by atoms with E-state index >= 15 is 0 Å². The van der Waals surface area contributed by atoms with E-state index < -0.39 is 6.04 Å². The van der Waals surface area contributed by atoms with Crippen LogP contribution < -0.4 is 14.8 Å². The van der Waals surface area contributed by atoms with E-state index in [-0.39, 0.29) is 18.6 Å². The standard InChI is InChI=1S/C27H30N2O4S/c1-32-24-15-21-14-23(27(31)28-22(18-30)13-19-9-5-3-6-10-19)29(17-20-11-7-4-8-12-20)34-26(21)16-25(24)33-2/h3-12,15-16,22-23,30H,13-14,17-18H2,1-2H3,(H,28,31)/t22-,23?/m0/s1. The van der Waals surface area contributed by atoms with Gasteiger partial charge in [-0.1, -0.05) is 60.7 Å². The van der Waals surface area contributed by atoms with Crippen molar-refractivity contribution in [2.45, 2.75) is 36.4 Å². The summed E-state index contributed by atoms with van der Waals surface area (Å²) in [6.07, 6.45) is 1.11. The minimum atomic E-state index is -0.402. The lowest BCUT2D eigenvalue weighted by Gasteiger charge is -2.36. The number of methoxy groups -OCH3 is 2. The second kappa shape index (κ2) is 11.4. The molecular formula is C27H30N2O4S. The van der Waals surface area contributed by atoms with Gasteiger partial charge in [-0.3, -0.25) is 4.79 Å². The summed E-state index contributed by atoms with van der Waals surface area (Å²) >= 11 is 1.55. The minimum Gasteiger partial charge on any atom is -0.493 e. The topological polar surface area (TPSA) is 71.0 Å². The van der Waals surface area contributed by atoms with Gasteiger partial charge in [0, 0.05) is 11.4 Å². The van der Waals surface area contributed by atoms with Crippen molar-refractivity contribution in [3.63, 3.8) is 0 Å². The molecule has 1 unspecified atom stereocenters. The lowest BCUT2D eigenvalue weighted by molar-refractivity contribution is -0.126. The fourth-order valence-electron chi connectivity index (χ4n) is 4.13. The van der Waals surface area contributed by atoms with E-state index in [0.29, 0.717) is 30.9 Å². The highest BCUT2D eigenvalue weighted by Crippen LogP contribution is 2.42. The van der Waals surface area contributed by atoms with Crippen molar-refractivity contribution >= 4 is 17.9 Å². The van der Waals surface area contributed by atoms with Crippen molar-refractivity contribution in [3.8, 4) is 11.5 Å². The van der Waals surface area contributed by atoms with E-state index in [0.717, 1.165) is 21.6 Å². The van der Waals surface area contributed by atoms with Crippen LogP contribution in [0.2, 0.25) is 0 Å². The molecule has 0 bridgehead atoms. The number of amides is 1. The number of nitrogens with zero attached hydrogens (tertiary/aromatic N) is 1. The molecular weight excluding hydrogens is 448 g/mol. The van der Waals surface area contributed by atoms with Gasteiger partial charge in [-0.25, -0.2) is 4.31 Å². The third-order valence-corrected chi connectivity index (χ3v) is 7.11. The zero-order chi connectivity index (χ0) is 23.9. The van der Waals surface area contributed by atoms with Gasteiger partial charge in [0.2, 0.25) is 5.91 Å². The smallest absolute Gasteiger partial charge is 0.238 e. The number of aliphatic hydroxyl groups is 1. The summed E-state index contributed by atoms with van der Waals surface area (Å²) in [5, 5.41) is 13.0. The molecule has 0 saturated carbocycles. The van der Waals surface area contributed by atoms with Crippen LogP contribution in [0.1, 0.15) is 16.7 Å². The van der Waals surface area contributed by atoms with Crippen LogP contribution in [0.4, 0.5) is 0 Å². The molecule has 0 spiro atoms. The van der Waals surface area contributed by atoms with Gasteiger partial charge in [-0.05, 0) is 53.6 Å². The van der Waals surface area contributed by atoms with Gasteiger partial charge in [-0.2, -0.15) is 0 Å². The molecule has 0 aliphatic carbocycles. The monoisotopic (exact) mass is 478 g/mol. The molecule has 1 aliphatic rings. The van der Waals surface area contributed by atoms with Crippen LogP contribution in [0.15, 0.2) is 77.7 Å². The molecule has 3 aromatic carbocycles. The number of fused-ring (bicyclic) bond motifs is 1. The van der Waals surface area contributed by atoms with E-state index in [2.05, 4.69) is 21.8 Å². The van der Waals surface area contributed by atoms with Gasteiger partial charge in [0.25, 0.3) is 0 Å². The van der Waals surface area contributed by atoms with Gasteiger partial charge < -0.3 is 19.9 Å². The first-order valence-electron chi connectivity index (χ1n) is 11.3. The third-order valence-electron chi connectivity index (χ3n) is 5.92. The number of hydrogen-bond acceptors (Lipinski definition) is 6. The molecule has 0 saturated heterocycles. The molecule has 1 heterocycles. The first-order chi connectivity index (χ1) is 16.6. The SMILES string of the molecule is COc1cc2c(cc1OC)SN(Cc1ccccc1)C(C(=O)N[C@H](CO)Cc1ccccc1)C2. The Morgan fingerprint density at radius 1 is 1.03 bits per heavy atom. The van der Waals surface area contributed by atoms with Crippen LogP contribution in [-0.4, -0.2) is 48.2 Å². The Labute approximate surface area is 205 Å². The fourth-order valence-corrected chi connectivity index (χ4v) is 5.32. The Hall–Kier alpha value is -3.00. The summed E-state index contributed by atoms with van der Waals surface area (Å²) in [6, 6.07) is 23.2. The number of aliphatic hydroxyl groups excluding tert-OH is 1. The number of carbonyl (C=O) groups is 1. The maximum atomic E-state index is 13.5. The fraction of sp³-hybridized carbons (Fsp3) is 0.296. The Kier molecular flexibility index (Phi) is 8.11. The second-order valence-electron chi connectivity index (χ2n) is 8.26. The molecule has 0 aromatic heterocycles. The van der Waals surface area contributed by atoms with Crippen molar-refractivity contribution in [1.82, 2.24) is 9.62 Å². The molecule has 4 rings (SSSR count). The van der Waals surface area contributed by atoms with Crippen molar-refractivity contribution in [2.75, 3.05) is 20.8 Å². The summed E-state index contributed by atoms with van der Waals surface area (Å²) in [5.74, 6) is 1.22. The van der Waals surface area contributed by atoms with E-state index in [1.165, 1.54) is 0 Å². The van der Waals surface area contributed by atoms with Crippen molar-refractivity contribution in [2.24, 2.45) is 0 Å². The molecule has 6 nitrogen and oxygen atoms in total. The molecule has 7 heteroatoms. The largest absolute Gasteiger partial charge is 0.493 e. The van der Waals surface area contributed by atoms with Crippen LogP contribution in [0.25, 0.3) is 0 Å². The maximum Gasteiger partial charge on any atom is 0.238 e. The van der Waals surface area contributed by atoms with Crippen LogP contribution >= 0.6 is 11.9 Å². The zero-order valence-corrected chi connectivity index (χ0v) is 20.3. The lowest BCUT2D eigenvalue weighted by atomic mass is 10.0. The Bertz CT molecular complexity index is 1090. The van der Waals surface area contributed by atoms with E-state index in [1.54, 1.807) is 26.2 Å². The number of rotatable bonds is 9. The average Bonchev–Trinajstić information content (AvgIpc) is 2.88. The van der Waals surface area contributed by atoms with Crippen molar-refractivity contribution in [1.29, 1.82) is 0 Å². The number of carbonyl (C=O) groups excluding carboxylic acids is 1. The number of hydrogen-bond donors (Lipinski definition) is 2. The molecule has 0 radical (unpaired) electrons. The highest BCUT2D eigenvalue weighted by atomic mass is 32.2. The van der Waals surface area contributed by atoms with Gasteiger partial charge in [-0.15, -0.1) is 0 Å². The second-order valence-corrected chi connectivity index (χ2v) is 9.36. The molecule has 2 N–H and O–H groups in total. The van der Waals surface area contributed by atoms with Crippen molar-refractivity contribution < 1.29 is 19.4 Å². The van der Waals surface area contributed by atoms with Crippen LogP contribution in [0.5, 0.6) is 11.5 Å². The summed E-state index contributed by atoms with van der Waals surface area (Å²) in [5.41, 5.74) is 3.23. The zero-order valence-electron chi connectivity index (χ0n) is 19.4. The van der Waals surface area contributed by atoms with Gasteiger partial charge in [0.15, 0.2) is 11.5 Å². The lowest BCUT2D eigenvalue weighted by Crippen LogP contribution is -2.51. The highest BCUT2D eigenvalue weighted by molar-refractivity contribution is 7.97. The van der Waals surface area contributed by atoms with Gasteiger partial charge in [0.1, 0.15) is 6.04 Å². The van der Waals surface area contributed by atoms with Crippen molar-refractivity contribution in [3.05, 3.63) is 89.5 Å². The predicted molar refractivity (Wildman–Crippen MR) is 134 cm³/mol. The molecule has 3 aromatic rings. The van der Waals surface area contributed by atoms with Crippen LogP contribution in [0, 0.1) is 0 Å². The molecule has 2 atom stereocenters. The van der Waals surface area contributed by atoms with E-state index in [9.17, 15) is 9.90 Å². The molecule has 178 valence electrons. The number of nitrogens with one attached hydrogen (secondary N) is 1. The quantitative estimate of drug-likeness (QED) is 0.455. The molecule has 0 fully saturated rings. The van der Waals surface area contributed by atoms with E-state index in [1.807, 2.05) is 60.7 Å². The van der Waals surface area contributed by atoms with Crippen LogP contribution in [0.3, 0.4) is 0 Å². The molecule has 1 amide bonds. The minimum absolute atomic E-state index is 0.0983. The Morgan fingerprint density at radius 2 is 1.65 bits per heavy atom.